The molecular weight excluding hydrogens is 212 g/mol. The van der Waals surface area contributed by atoms with Gasteiger partial charge in [-0.3, -0.25) is 4.68 Å². The predicted molar refractivity (Wildman–Crippen MR) is 71.2 cm³/mol. The number of aromatic nitrogens is 2. The molecule has 0 radical (unpaired) electrons. The Labute approximate surface area is 104 Å². The lowest BCUT2D eigenvalue weighted by molar-refractivity contribution is 0.145. The van der Waals surface area contributed by atoms with Crippen LogP contribution in [0, 0.1) is 5.92 Å². The third-order valence-electron chi connectivity index (χ3n) is 3.92. The molecule has 0 amide bonds. The van der Waals surface area contributed by atoms with Gasteiger partial charge in [-0.05, 0) is 33.2 Å². The first kappa shape index (κ1) is 12.4. The number of anilines is 1. The zero-order valence-corrected chi connectivity index (χ0v) is 11.3. The van der Waals surface area contributed by atoms with E-state index in [1.54, 1.807) is 0 Å². The number of rotatable bonds is 3. The second kappa shape index (κ2) is 5.08. The molecule has 3 atom stereocenters. The molecule has 4 nitrogen and oxygen atoms in total. The fraction of sp³-hybridized carbons (Fsp3) is 0.769. The van der Waals surface area contributed by atoms with E-state index < -0.39 is 0 Å². The first-order chi connectivity index (χ1) is 8.10. The molecule has 2 rings (SSSR count). The van der Waals surface area contributed by atoms with E-state index >= 15 is 0 Å². The minimum absolute atomic E-state index is 0.565. The van der Waals surface area contributed by atoms with Crippen LogP contribution in [-0.4, -0.2) is 40.4 Å². The summed E-state index contributed by atoms with van der Waals surface area (Å²) in [5.74, 6) is 0.682. The lowest BCUT2D eigenvalue weighted by atomic mass is 9.90. The number of piperidine rings is 1. The van der Waals surface area contributed by atoms with Gasteiger partial charge in [0.05, 0.1) is 11.9 Å². The van der Waals surface area contributed by atoms with Crippen LogP contribution < -0.4 is 5.32 Å². The van der Waals surface area contributed by atoms with E-state index in [2.05, 4.69) is 49.3 Å². The molecule has 1 saturated heterocycles. The average molecular weight is 236 g/mol. The third-order valence-corrected chi connectivity index (χ3v) is 3.92. The largest absolute Gasteiger partial charge is 0.379 e. The van der Waals surface area contributed by atoms with Crippen LogP contribution in [-0.2, 0) is 6.54 Å². The van der Waals surface area contributed by atoms with Gasteiger partial charge in [0.25, 0.3) is 0 Å². The molecule has 0 spiro atoms. The van der Waals surface area contributed by atoms with E-state index in [1.807, 2.05) is 10.9 Å². The predicted octanol–water partition coefficient (Wildman–Crippen LogP) is 2.04. The highest BCUT2D eigenvalue weighted by molar-refractivity contribution is 5.39. The van der Waals surface area contributed by atoms with E-state index in [0.717, 1.165) is 12.2 Å². The molecule has 1 aliphatic rings. The van der Waals surface area contributed by atoms with Crippen molar-refractivity contribution in [2.75, 3.05) is 18.9 Å². The molecular formula is C13H24N4. The summed E-state index contributed by atoms with van der Waals surface area (Å²) in [6, 6.07) is 1.22. The SMILES string of the molecule is CCn1cc(NC2CC(C)N(C)CC2C)cn1. The van der Waals surface area contributed by atoms with Crippen molar-refractivity contribution in [2.45, 2.75) is 45.8 Å². The van der Waals surface area contributed by atoms with E-state index in [-0.39, 0.29) is 0 Å². The number of hydrogen-bond acceptors (Lipinski definition) is 3. The van der Waals surface area contributed by atoms with Crippen molar-refractivity contribution in [3.05, 3.63) is 12.4 Å². The van der Waals surface area contributed by atoms with Gasteiger partial charge < -0.3 is 10.2 Å². The molecule has 0 aromatic carbocycles. The summed E-state index contributed by atoms with van der Waals surface area (Å²) in [7, 11) is 2.21. The molecule has 1 aliphatic heterocycles. The first-order valence-corrected chi connectivity index (χ1v) is 6.59. The quantitative estimate of drug-likeness (QED) is 0.872. The van der Waals surface area contributed by atoms with Gasteiger partial charge in [0.15, 0.2) is 0 Å². The van der Waals surface area contributed by atoms with E-state index in [9.17, 15) is 0 Å². The van der Waals surface area contributed by atoms with Gasteiger partial charge in [-0.25, -0.2) is 0 Å². The zero-order chi connectivity index (χ0) is 12.4. The highest BCUT2D eigenvalue weighted by atomic mass is 15.3. The van der Waals surface area contributed by atoms with Crippen LogP contribution in [0.25, 0.3) is 0 Å². The van der Waals surface area contributed by atoms with Gasteiger partial charge in [0.1, 0.15) is 0 Å². The second-order valence-electron chi connectivity index (χ2n) is 5.34. The monoisotopic (exact) mass is 236 g/mol. The summed E-state index contributed by atoms with van der Waals surface area (Å²) in [6.07, 6.45) is 5.23. The average Bonchev–Trinajstić information content (AvgIpc) is 2.73. The van der Waals surface area contributed by atoms with Crippen molar-refractivity contribution in [3.8, 4) is 0 Å². The molecule has 0 bridgehead atoms. The lowest BCUT2D eigenvalue weighted by Gasteiger charge is -2.40. The summed E-state index contributed by atoms with van der Waals surface area (Å²) in [5, 5.41) is 7.93. The molecule has 0 saturated carbocycles. The van der Waals surface area contributed by atoms with Crippen LogP contribution in [0.1, 0.15) is 27.2 Å². The fourth-order valence-electron chi connectivity index (χ4n) is 2.57. The van der Waals surface area contributed by atoms with Crippen molar-refractivity contribution in [3.63, 3.8) is 0 Å². The van der Waals surface area contributed by atoms with E-state index in [4.69, 9.17) is 0 Å². The van der Waals surface area contributed by atoms with Crippen LogP contribution >= 0.6 is 0 Å². The highest BCUT2D eigenvalue weighted by Crippen LogP contribution is 2.23. The van der Waals surface area contributed by atoms with E-state index in [1.165, 1.54) is 13.0 Å². The fourth-order valence-corrected chi connectivity index (χ4v) is 2.57. The molecule has 4 heteroatoms. The van der Waals surface area contributed by atoms with Gasteiger partial charge in [-0.1, -0.05) is 6.92 Å². The Hall–Kier alpha value is -1.03. The van der Waals surface area contributed by atoms with E-state index in [0.29, 0.717) is 18.0 Å². The zero-order valence-electron chi connectivity index (χ0n) is 11.3. The normalized spacial score (nSPS) is 30.5. The Kier molecular flexibility index (Phi) is 3.72. The summed E-state index contributed by atoms with van der Waals surface area (Å²) < 4.78 is 1.96. The lowest BCUT2D eigenvalue weighted by Crippen LogP contribution is -2.48. The number of nitrogens with zero attached hydrogens (tertiary/aromatic N) is 3. The Morgan fingerprint density at radius 2 is 2.24 bits per heavy atom. The molecule has 3 unspecified atom stereocenters. The Bertz CT molecular complexity index is 360. The van der Waals surface area contributed by atoms with Gasteiger partial charge in [-0.15, -0.1) is 0 Å². The van der Waals surface area contributed by atoms with Crippen molar-refractivity contribution < 1.29 is 0 Å². The van der Waals surface area contributed by atoms with Crippen molar-refractivity contribution >= 4 is 5.69 Å². The van der Waals surface area contributed by atoms with Gasteiger partial charge in [0, 0.05) is 31.4 Å². The van der Waals surface area contributed by atoms with Crippen LogP contribution in [0.3, 0.4) is 0 Å². The van der Waals surface area contributed by atoms with Crippen molar-refractivity contribution in [1.29, 1.82) is 0 Å². The Morgan fingerprint density at radius 1 is 1.47 bits per heavy atom. The molecule has 17 heavy (non-hydrogen) atoms. The maximum Gasteiger partial charge on any atom is 0.0728 e. The number of hydrogen-bond donors (Lipinski definition) is 1. The first-order valence-electron chi connectivity index (χ1n) is 6.59. The third kappa shape index (κ3) is 2.80. The maximum atomic E-state index is 4.30. The van der Waals surface area contributed by atoms with Crippen LogP contribution in [0.4, 0.5) is 5.69 Å². The van der Waals surface area contributed by atoms with Gasteiger partial charge >= 0.3 is 0 Å². The van der Waals surface area contributed by atoms with Crippen LogP contribution in [0.15, 0.2) is 12.4 Å². The Morgan fingerprint density at radius 3 is 2.88 bits per heavy atom. The minimum atomic E-state index is 0.565. The molecule has 96 valence electrons. The molecule has 1 aromatic rings. The number of likely N-dealkylation sites (tertiary alicyclic amines) is 1. The Balaban J connectivity index is 1.98. The summed E-state index contributed by atoms with van der Waals surface area (Å²) in [4.78, 5) is 2.44. The molecule has 0 aliphatic carbocycles. The topological polar surface area (TPSA) is 33.1 Å². The molecule has 1 N–H and O–H groups in total. The van der Waals surface area contributed by atoms with Crippen molar-refractivity contribution in [2.24, 2.45) is 5.92 Å². The highest BCUT2D eigenvalue weighted by Gasteiger charge is 2.28. The van der Waals surface area contributed by atoms with Crippen LogP contribution in [0.5, 0.6) is 0 Å². The number of aryl methyl sites for hydroxylation is 1. The maximum absolute atomic E-state index is 4.30. The summed E-state index contributed by atoms with van der Waals surface area (Å²) in [5.41, 5.74) is 1.15. The molecule has 1 fully saturated rings. The van der Waals surface area contributed by atoms with Crippen molar-refractivity contribution in [1.82, 2.24) is 14.7 Å². The minimum Gasteiger partial charge on any atom is -0.379 e. The van der Waals surface area contributed by atoms with Crippen LogP contribution in [0.2, 0.25) is 0 Å². The molecule has 1 aromatic heterocycles. The second-order valence-corrected chi connectivity index (χ2v) is 5.34. The smallest absolute Gasteiger partial charge is 0.0728 e. The van der Waals surface area contributed by atoms with Gasteiger partial charge in [0.2, 0.25) is 0 Å². The van der Waals surface area contributed by atoms with Gasteiger partial charge in [-0.2, -0.15) is 5.10 Å². The summed E-state index contributed by atoms with van der Waals surface area (Å²) in [6.45, 7) is 8.83. The number of nitrogens with one attached hydrogen (secondary N) is 1. The summed E-state index contributed by atoms with van der Waals surface area (Å²) >= 11 is 0. The standard InChI is InChI=1S/C13H24N4/c1-5-17-9-12(7-14-17)15-13-6-11(3)16(4)8-10(13)2/h7,9-11,13,15H,5-6,8H2,1-4H3. The molecule has 2 heterocycles.